The van der Waals surface area contributed by atoms with Gasteiger partial charge in [0.05, 0.1) is 25.7 Å². The van der Waals surface area contributed by atoms with Gasteiger partial charge >= 0.3 is 0 Å². The second-order valence-electron chi connectivity index (χ2n) is 6.15. The van der Waals surface area contributed by atoms with E-state index in [9.17, 15) is 14.7 Å². The monoisotopic (exact) mass is 320 g/mol. The third-order valence-electron chi connectivity index (χ3n) is 4.21. The minimum Gasteiger partial charge on any atom is -0.497 e. The molecule has 6 heteroatoms. The Bertz CT molecular complexity index is 556. The minimum absolute atomic E-state index is 0.0691. The van der Waals surface area contributed by atoms with Crippen LogP contribution in [0.25, 0.3) is 0 Å². The highest BCUT2D eigenvalue weighted by Crippen LogP contribution is 2.27. The predicted octanol–water partition coefficient (Wildman–Crippen LogP) is 1.18. The summed E-state index contributed by atoms with van der Waals surface area (Å²) >= 11 is 0. The number of aliphatic hydroxyl groups is 1. The minimum atomic E-state index is -0.391. The maximum absolute atomic E-state index is 12.3. The highest BCUT2D eigenvalue weighted by Gasteiger charge is 2.36. The quantitative estimate of drug-likeness (QED) is 0.825. The zero-order chi connectivity index (χ0) is 17.0. The lowest BCUT2D eigenvalue weighted by Crippen LogP contribution is -2.44. The van der Waals surface area contributed by atoms with Crippen molar-refractivity contribution in [3.8, 4) is 5.75 Å². The summed E-state index contributed by atoms with van der Waals surface area (Å²) in [6.45, 7) is 4.12. The van der Waals surface area contributed by atoms with Gasteiger partial charge in [-0.1, -0.05) is 13.8 Å². The normalized spacial score (nSPS) is 19.1. The third kappa shape index (κ3) is 4.01. The van der Waals surface area contributed by atoms with E-state index in [0.717, 1.165) is 11.4 Å². The van der Waals surface area contributed by atoms with Crippen molar-refractivity contribution in [3.05, 3.63) is 24.3 Å². The molecule has 0 saturated carbocycles. The molecule has 1 aliphatic rings. The van der Waals surface area contributed by atoms with Crippen LogP contribution in [0.2, 0.25) is 0 Å². The van der Waals surface area contributed by atoms with Crippen molar-refractivity contribution < 1.29 is 19.4 Å². The number of nitrogens with one attached hydrogen (secondary N) is 1. The molecule has 1 heterocycles. The Hall–Kier alpha value is -2.08. The molecule has 1 aromatic rings. The van der Waals surface area contributed by atoms with Gasteiger partial charge < -0.3 is 20.1 Å². The summed E-state index contributed by atoms with van der Waals surface area (Å²) in [5, 5.41) is 12.1. The summed E-state index contributed by atoms with van der Waals surface area (Å²) in [5.74, 6) is 0.219. The van der Waals surface area contributed by atoms with Gasteiger partial charge in [-0.05, 0) is 30.2 Å². The van der Waals surface area contributed by atoms with Crippen LogP contribution < -0.4 is 15.0 Å². The molecule has 2 unspecified atom stereocenters. The number of carbonyl (C=O) groups excluding carboxylic acids is 2. The highest BCUT2D eigenvalue weighted by atomic mass is 16.5. The number of nitrogens with zero attached hydrogens (tertiary/aromatic N) is 1. The van der Waals surface area contributed by atoms with E-state index in [2.05, 4.69) is 5.32 Å². The van der Waals surface area contributed by atoms with Crippen molar-refractivity contribution in [3.63, 3.8) is 0 Å². The second-order valence-corrected chi connectivity index (χ2v) is 6.15. The van der Waals surface area contributed by atoms with E-state index in [-0.39, 0.29) is 36.8 Å². The number of hydrogen-bond donors (Lipinski definition) is 2. The van der Waals surface area contributed by atoms with Gasteiger partial charge in [-0.2, -0.15) is 0 Å². The lowest BCUT2D eigenvalue weighted by atomic mass is 10.0. The number of aliphatic hydroxyl groups excluding tert-OH is 1. The molecule has 0 spiro atoms. The van der Waals surface area contributed by atoms with Crippen molar-refractivity contribution in [1.82, 2.24) is 5.32 Å². The maximum Gasteiger partial charge on any atom is 0.227 e. The summed E-state index contributed by atoms with van der Waals surface area (Å²) in [7, 11) is 1.59. The lowest BCUT2D eigenvalue weighted by Gasteiger charge is -2.22. The van der Waals surface area contributed by atoms with Gasteiger partial charge in [0, 0.05) is 18.7 Å². The van der Waals surface area contributed by atoms with E-state index >= 15 is 0 Å². The van der Waals surface area contributed by atoms with E-state index in [4.69, 9.17) is 4.74 Å². The number of benzene rings is 1. The zero-order valence-corrected chi connectivity index (χ0v) is 13.8. The number of rotatable bonds is 6. The van der Waals surface area contributed by atoms with Gasteiger partial charge in [0.1, 0.15) is 5.75 Å². The van der Waals surface area contributed by atoms with Crippen LogP contribution in [0.1, 0.15) is 20.3 Å². The number of ether oxygens (including phenoxy) is 1. The summed E-state index contributed by atoms with van der Waals surface area (Å²) in [6, 6.07) is 6.91. The Labute approximate surface area is 136 Å². The van der Waals surface area contributed by atoms with Crippen LogP contribution in [0.4, 0.5) is 5.69 Å². The molecule has 1 saturated heterocycles. The van der Waals surface area contributed by atoms with Gasteiger partial charge in [0.2, 0.25) is 11.8 Å². The first kappa shape index (κ1) is 17.3. The molecule has 2 amide bonds. The Morgan fingerprint density at radius 2 is 2.04 bits per heavy atom. The molecule has 2 N–H and O–H groups in total. The molecule has 0 aliphatic carbocycles. The van der Waals surface area contributed by atoms with Crippen molar-refractivity contribution in [2.45, 2.75) is 26.3 Å². The fourth-order valence-electron chi connectivity index (χ4n) is 2.62. The molecule has 0 aromatic heterocycles. The van der Waals surface area contributed by atoms with Crippen molar-refractivity contribution in [1.29, 1.82) is 0 Å². The molecule has 1 fully saturated rings. The molecule has 1 aromatic carbocycles. The average Bonchev–Trinajstić information content (AvgIpc) is 2.94. The van der Waals surface area contributed by atoms with Gasteiger partial charge in [0.25, 0.3) is 0 Å². The highest BCUT2D eigenvalue weighted by molar-refractivity contribution is 6.00. The third-order valence-corrected chi connectivity index (χ3v) is 4.21. The first-order chi connectivity index (χ1) is 11.0. The molecular formula is C17H24N2O4. The van der Waals surface area contributed by atoms with Crippen molar-refractivity contribution in [2.24, 2.45) is 11.8 Å². The van der Waals surface area contributed by atoms with Gasteiger partial charge in [-0.25, -0.2) is 0 Å². The Morgan fingerprint density at radius 1 is 1.39 bits per heavy atom. The number of carbonyl (C=O) groups is 2. The maximum atomic E-state index is 12.3. The molecule has 23 heavy (non-hydrogen) atoms. The first-order valence-corrected chi connectivity index (χ1v) is 7.82. The molecule has 6 nitrogen and oxygen atoms in total. The number of methoxy groups -OCH3 is 1. The van der Waals surface area contributed by atoms with Gasteiger partial charge in [-0.3, -0.25) is 9.59 Å². The zero-order valence-electron chi connectivity index (χ0n) is 13.8. The van der Waals surface area contributed by atoms with E-state index in [1.807, 2.05) is 26.0 Å². The van der Waals surface area contributed by atoms with Gasteiger partial charge in [-0.15, -0.1) is 0 Å². The lowest BCUT2D eigenvalue weighted by molar-refractivity contribution is -0.127. The standard InChI is InChI=1S/C17H24N2O4/c1-11(2)15(10-20)18-17(22)12-8-16(21)19(9-12)13-4-6-14(23-3)7-5-13/h4-7,11-12,15,20H,8-10H2,1-3H3,(H,18,22). The van der Waals surface area contributed by atoms with Crippen LogP contribution in [-0.2, 0) is 9.59 Å². The summed E-state index contributed by atoms with van der Waals surface area (Å²) in [5.41, 5.74) is 0.758. The molecule has 0 bridgehead atoms. The summed E-state index contributed by atoms with van der Waals surface area (Å²) in [6.07, 6.45) is 0.189. The predicted molar refractivity (Wildman–Crippen MR) is 87.3 cm³/mol. The van der Waals surface area contributed by atoms with Crippen LogP contribution in [0, 0.1) is 11.8 Å². The van der Waals surface area contributed by atoms with Crippen LogP contribution in [0.15, 0.2) is 24.3 Å². The van der Waals surface area contributed by atoms with E-state index in [1.54, 1.807) is 24.1 Å². The number of hydrogen-bond acceptors (Lipinski definition) is 4. The second kappa shape index (κ2) is 7.46. The van der Waals surface area contributed by atoms with Crippen molar-refractivity contribution >= 4 is 17.5 Å². The van der Waals surface area contributed by atoms with E-state index < -0.39 is 5.92 Å². The Balaban J connectivity index is 2.02. The fraction of sp³-hybridized carbons (Fsp3) is 0.529. The Kier molecular flexibility index (Phi) is 5.60. The van der Waals surface area contributed by atoms with Crippen LogP contribution in [0.3, 0.4) is 0 Å². The fourth-order valence-corrected chi connectivity index (χ4v) is 2.62. The topological polar surface area (TPSA) is 78.9 Å². The SMILES string of the molecule is COc1ccc(N2CC(C(=O)NC(CO)C(C)C)CC2=O)cc1. The molecule has 2 rings (SSSR count). The van der Waals surface area contributed by atoms with Crippen LogP contribution in [0.5, 0.6) is 5.75 Å². The smallest absolute Gasteiger partial charge is 0.227 e. The van der Waals surface area contributed by atoms with Crippen LogP contribution >= 0.6 is 0 Å². The summed E-state index contributed by atoms with van der Waals surface area (Å²) < 4.78 is 5.11. The molecule has 2 atom stereocenters. The van der Waals surface area contributed by atoms with Crippen LogP contribution in [-0.4, -0.2) is 43.2 Å². The van der Waals surface area contributed by atoms with E-state index in [0.29, 0.717) is 6.54 Å². The summed E-state index contributed by atoms with van der Waals surface area (Å²) in [4.78, 5) is 26.1. The molecular weight excluding hydrogens is 296 g/mol. The average molecular weight is 320 g/mol. The Morgan fingerprint density at radius 3 is 2.57 bits per heavy atom. The largest absolute Gasteiger partial charge is 0.497 e. The number of amides is 2. The molecule has 0 radical (unpaired) electrons. The molecule has 1 aliphatic heterocycles. The first-order valence-electron chi connectivity index (χ1n) is 7.82. The van der Waals surface area contributed by atoms with E-state index in [1.165, 1.54) is 0 Å². The van der Waals surface area contributed by atoms with Gasteiger partial charge in [0.15, 0.2) is 0 Å². The molecule has 126 valence electrons. The number of anilines is 1. The van der Waals surface area contributed by atoms with Crippen molar-refractivity contribution in [2.75, 3.05) is 25.2 Å².